The van der Waals surface area contributed by atoms with E-state index in [0.29, 0.717) is 0 Å². The average Bonchev–Trinajstić information content (AvgIpc) is 2.58. The molecule has 1 fully saturated rings. The van der Waals surface area contributed by atoms with E-state index in [2.05, 4.69) is 39.0 Å². The maximum atomic E-state index is 10.6. The molecule has 0 saturated heterocycles. The molecule has 1 saturated carbocycles. The van der Waals surface area contributed by atoms with Gasteiger partial charge in [-0.2, -0.15) is 0 Å². The quantitative estimate of drug-likeness (QED) is 0.840. The van der Waals surface area contributed by atoms with E-state index >= 15 is 0 Å². The van der Waals surface area contributed by atoms with Gasteiger partial charge in [-0.1, -0.05) is 42.7 Å². The standard InChI is InChI=1S/C16H24O/c1-4-14-5-6-16(17,10-14)11-15-8-12(2)7-13(3)9-15/h7-9,14,17H,4-6,10-11H2,1-3H3. The zero-order valence-corrected chi connectivity index (χ0v) is 11.3. The third-order valence-corrected chi connectivity index (χ3v) is 4.08. The van der Waals surface area contributed by atoms with Crippen LogP contribution >= 0.6 is 0 Å². The van der Waals surface area contributed by atoms with Gasteiger partial charge in [-0.3, -0.25) is 0 Å². The Balaban J connectivity index is 2.10. The Labute approximate surface area is 105 Å². The summed E-state index contributed by atoms with van der Waals surface area (Å²) in [6, 6.07) is 6.62. The molecule has 0 aliphatic heterocycles. The fourth-order valence-corrected chi connectivity index (χ4v) is 3.27. The van der Waals surface area contributed by atoms with Gasteiger partial charge in [-0.25, -0.2) is 0 Å². The Morgan fingerprint density at radius 1 is 1.24 bits per heavy atom. The summed E-state index contributed by atoms with van der Waals surface area (Å²) in [4.78, 5) is 0. The molecule has 2 unspecified atom stereocenters. The first-order chi connectivity index (χ1) is 8.00. The topological polar surface area (TPSA) is 20.2 Å². The maximum Gasteiger partial charge on any atom is 0.0690 e. The lowest BCUT2D eigenvalue weighted by atomic mass is 9.90. The molecule has 1 N–H and O–H groups in total. The van der Waals surface area contributed by atoms with Gasteiger partial charge < -0.3 is 5.11 Å². The van der Waals surface area contributed by atoms with Crippen molar-refractivity contribution >= 4 is 0 Å². The van der Waals surface area contributed by atoms with Gasteiger partial charge in [0.1, 0.15) is 0 Å². The van der Waals surface area contributed by atoms with E-state index in [0.717, 1.165) is 25.2 Å². The van der Waals surface area contributed by atoms with Gasteiger partial charge in [0, 0.05) is 6.42 Å². The van der Waals surface area contributed by atoms with Crippen LogP contribution in [-0.2, 0) is 6.42 Å². The van der Waals surface area contributed by atoms with Crippen LogP contribution in [0.15, 0.2) is 18.2 Å². The molecule has 0 amide bonds. The van der Waals surface area contributed by atoms with Crippen LogP contribution in [0.25, 0.3) is 0 Å². The molecule has 2 rings (SSSR count). The molecule has 2 atom stereocenters. The van der Waals surface area contributed by atoms with E-state index in [1.54, 1.807) is 0 Å². The number of aryl methyl sites for hydroxylation is 2. The molecular weight excluding hydrogens is 208 g/mol. The van der Waals surface area contributed by atoms with Crippen molar-refractivity contribution in [3.8, 4) is 0 Å². The van der Waals surface area contributed by atoms with Gasteiger partial charge >= 0.3 is 0 Å². The fraction of sp³-hybridized carbons (Fsp3) is 0.625. The zero-order chi connectivity index (χ0) is 12.5. The molecule has 1 aliphatic carbocycles. The predicted molar refractivity (Wildman–Crippen MR) is 72.2 cm³/mol. The molecule has 1 aromatic rings. The summed E-state index contributed by atoms with van der Waals surface area (Å²) in [6.07, 6.45) is 5.17. The van der Waals surface area contributed by atoms with E-state index in [9.17, 15) is 5.11 Å². The second kappa shape index (κ2) is 4.81. The smallest absolute Gasteiger partial charge is 0.0690 e. The normalized spacial score (nSPS) is 28.6. The van der Waals surface area contributed by atoms with E-state index in [1.165, 1.54) is 29.5 Å². The van der Waals surface area contributed by atoms with Crippen LogP contribution in [0.3, 0.4) is 0 Å². The average molecular weight is 232 g/mol. The second-order valence-corrected chi connectivity index (χ2v) is 5.91. The first kappa shape index (κ1) is 12.6. The highest BCUT2D eigenvalue weighted by Crippen LogP contribution is 2.38. The number of benzene rings is 1. The highest BCUT2D eigenvalue weighted by atomic mass is 16.3. The number of aliphatic hydroxyl groups is 1. The lowest BCUT2D eigenvalue weighted by molar-refractivity contribution is 0.0436. The van der Waals surface area contributed by atoms with Crippen LogP contribution in [0.4, 0.5) is 0 Å². The lowest BCUT2D eigenvalue weighted by Crippen LogP contribution is -2.27. The molecule has 1 aliphatic rings. The third kappa shape index (κ3) is 3.10. The molecule has 0 bridgehead atoms. The molecule has 0 heterocycles. The SMILES string of the molecule is CCC1CCC(O)(Cc2cc(C)cc(C)c2)C1. The minimum absolute atomic E-state index is 0.444. The van der Waals surface area contributed by atoms with E-state index in [4.69, 9.17) is 0 Å². The van der Waals surface area contributed by atoms with Gasteiger partial charge in [0.2, 0.25) is 0 Å². The maximum absolute atomic E-state index is 10.6. The van der Waals surface area contributed by atoms with E-state index < -0.39 is 5.60 Å². The van der Waals surface area contributed by atoms with Gasteiger partial charge in [0.05, 0.1) is 5.60 Å². The van der Waals surface area contributed by atoms with Crippen LogP contribution in [0.5, 0.6) is 0 Å². The van der Waals surface area contributed by atoms with Gasteiger partial charge in [-0.15, -0.1) is 0 Å². The first-order valence-electron chi connectivity index (χ1n) is 6.80. The molecule has 17 heavy (non-hydrogen) atoms. The largest absolute Gasteiger partial charge is 0.390 e. The van der Waals surface area contributed by atoms with Crippen LogP contribution < -0.4 is 0 Å². The Morgan fingerprint density at radius 2 is 1.88 bits per heavy atom. The predicted octanol–water partition coefficient (Wildman–Crippen LogP) is 3.79. The first-order valence-corrected chi connectivity index (χ1v) is 6.80. The van der Waals surface area contributed by atoms with Gasteiger partial charge in [0.15, 0.2) is 0 Å². The Bertz CT molecular complexity index is 376. The van der Waals surface area contributed by atoms with Crippen molar-refractivity contribution in [1.29, 1.82) is 0 Å². The minimum Gasteiger partial charge on any atom is -0.390 e. The van der Waals surface area contributed by atoms with Crippen LogP contribution in [-0.4, -0.2) is 10.7 Å². The second-order valence-electron chi connectivity index (χ2n) is 5.91. The minimum atomic E-state index is -0.444. The summed E-state index contributed by atoms with van der Waals surface area (Å²) in [6.45, 7) is 6.49. The van der Waals surface area contributed by atoms with Crippen LogP contribution in [0.1, 0.15) is 49.3 Å². The zero-order valence-electron chi connectivity index (χ0n) is 11.3. The van der Waals surface area contributed by atoms with Crippen molar-refractivity contribution < 1.29 is 5.11 Å². The van der Waals surface area contributed by atoms with E-state index in [-0.39, 0.29) is 0 Å². The fourth-order valence-electron chi connectivity index (χ4n) is 3.27. The summed E-state index contributed by atoms with van der Waals surface area (Å²) in [5, 5.41) is 10.6. The van der Waals surface area contributed by atoms with Crippen molar-refractivity contribution in [3.05, 3.63) is 34.9 Å². The highest BCUT2D eigenvalue weighted by Gasteiger charge is 2.36. The summed E-state index contributed by atoms with van der Waals surface area (Å²) < 4.78 is 0. The van der Waals surface area contributed by atoms with Crippen molar-refractivity contribution in [2.24, 2.45) is 5.92 Å². The van der Waals surface area contributed by atoms with E-state index in [1.807, 2.05) is 0 Å². The number of hydrogen-bond acceptors (Lipinski definition) is 1. The van der Waals surface area contributed by atoms with Crippen LogP contribution in [0, 0.1) is 19.8 Å². The van der Waals surface area contributed by atoms with Crippen molar-refractivity contribution in [1.82, 2.24) is 0 Å². The van der Waals surface area contributed by atoms with Gasteiger partial charge in [-0.05, 0) is 44.6 Å². The molecular formula is C16H24O. The Hall–Kier alpha value is -0.820. The molecule has 1 heteroatoms. The Morgan fingerprint density at radius 3 is 2.41 bits per heavy atom. The summed E-state index contributed by atoms with van der Waals surface area (Å²) in [5.41, 5.74) is 3.45. The van der Waals surface area contributed by atoms with Gasteiger partial charge in [0.25, 0.3) is 0 Å². The summed E-state index contributed by atoms with van der Waals surface area (Å²) in [7, 11) is 0. The van der Waals surface area contributed by atoms with Crippen LogP contribution in [0.2, 0.25) is 0 Å². The number of hydrogen-bond donors (Lipinski definition) is 1. The third-order valence-electron chi connectivity index (χ3n) is 4.08. The monoisotopic (exact) mass is 232 g/mol. The summed E-state index contributed by atoms with van der Waals surface area (Å²) in [5.74, 6) is 0.728. The Kier molecular flexibility index (Phi) is 3.58. The molecule has 94 valence electrons. The summed E-state index contributed by atoms with van der Waals surface area (Å²) >= 11 is 0. The molecule has 1 aromatic carbocycles. The van der Waals surface area contributed by atoms with Crippen molar-refractivity contribution in [2.45, 2.75) is 58.5 Å². The van der Waals surface area contributed by atoms with Crippen molar-refractivity contribution in [2.75, 3.05) is 0 Å². The molecule has 1 nitrogen and oxygen atoms in total. The molecule has 0 aromatic heterocycles. The van der Waals surface area contributed by atoms with Crippen molar-refractivity contribution in [3.63, 3.8) is 0 Å². The lowest BCUT2D eigenvalue weighted by Gasteiger charge is -2.23. The number of rotatable bonds is 3. The highest BCUT2D eigenvalue weighted by molar-refractivity contribution is 5.29. The molecule has 0 spiro atoms. The molecule has 0 radical (unpaired) electrons.